The van der Waals surface area contributed by atoms with Gasteiger partial charge in [0.25, 0.3) is 0 Å². The number of hydrogen-bond donors (Lipinski definition) is 1. The largest absolute Gasteiger partial charge is 0.372 e. The number of likely N-dealkylation sites (tertiary alicyclic amines) is 1. The Bertz CT molecular complexity index is 198. The lowest BCUT2D eigenvalue weighted by Crippen LogP contribution is -2.35. The van der Waals surface area contributed by atoms with Crippen molar-refractivity contribution in [3.05, 3.63) is 0 Å². The molecule has 2 saturated heterocycles. The highest BCUT2D eigenvalue weighted by molar-refractivity contribution is 4.82. The fourth-order valence-electron chi connectivity index (χ4n) is 2.82. The van der Waals surface area contributed by atoms with Crippen molar-refractivity contribution in [2.75, 3.05) is 26.7 Å². The van der Waals surface area contributed by atoms with Crippen LogP contribution in [-0.4, -0.2) is 49.8 Å². The van der Waals surface area contributed by atoms with E-state index in [1.165, 1.54) is 32.2 Å². The third kappa shape index (κ3) is 2.92. The molecule has 15 heavy (non-hydrogen) atoms. The zero-order chi connectivity index (χ0) is 10.7. The summed E-state index contributed by atoms with van der Waals surface area (Å²) < 4.78 is 6.01. The maximum absolute atomic E-state index is 6.01. The molecule has 88 valence electrons. The summed E-state index contributed by atoms with van der Waals surface area (Å²) in [5.74, 6) is 0. The molecule has 0 aliphatic carbocycles. The smallest absolute Gasteiger partial charge is 0.0707 e. The first-order valence-corrected chi connectivity index (χ1v) is 6.33. The first-order valence-electron chi connectivity index (χ1n) is 6.33. The molecule has 3 unspecified atom stereocenters. The van der Waals surface area contributed by atoms with Gasteiger partial charge in [-0.05, 0) is 46.2 Å². The second kappa shape index (κ2) is 5.28. The van der Waals surface area contributed by atoms with E-state index >= 15 is 0 Å². The van der Waals surface area contributed by atoms with Gasteiger partial charge in [-0.15, -0.1) is 0 Å². The maximum atomic E-state index is 6.01. The minimum atomic E-state index is 0.456. The highest BCUT2D eigenvalue weighted by Gasteiger charge is 2.29. The van der Waals surface area contributed by atoms with Crippen LogP contribution in [-0.2, 0) is 4.74 Å². The second-order valence-electron chi connectivity index (χ2n) is 5.00. The van der Waals surface area contributed by atoms with Gasteiger partial charge < -0.3 is 10.1 Å². The number of rotatable bonds is 4. The molecule has 2 aliphatic rings. The molecule has 0 aromatic rings. The summed E-state index contributed by atoms with van der Waals surface area (Å²) in [5.41, 5.74) is 0. The van der Waals surface area contributed by atoms with Crippen molar-refractivity contribution in [2.45, 2.75) is 50.9 Å². The number of ether oxygens (including phenoxy) is 1. The van der Waals surface area contributed by atoms with Gasteiger partial charge in [-0.3, -0.25) is 4.90 Å². The molecule has 0 saturated carbocycles. The van der Waals surface area contributed by atoms with Crippen molar-refractivity contribution >= 4 is 0 Å². The van der Waals surface area contributed by atoms with Crippen LogP contribution < -0.4 is 5.32 Å². The van der Waals surface area contributed by atoms with Crippen LogP contribution in [0.3, 0.4) is 0 Å². The fourth-order valence-corrected chi connectivity index (χ4v) is 2.82. The molecule has 0 radical (unpaired) electrons. The molecule has 2 heterocycles. The number of hydrogen-bond acceptors (Lipinski definition) is 3. The zero-order valence-corrected chi connectivity index (χ0v) is 10.0. The lowest BCUT2D eigenvalue weighted by atomic mass is 10.2. The Morgan fingerprint density at radius 3 is 2.73 bits per heavy atom. The summed E-state index contributed by atoms with van der Waals surface area (Å²) in [7, 11) is 2.00. The van der Waals surface area contributed by atoms with Crippen LogP contribution in [0, 0.1) is 0 Å². The van der Waals surface area contributed by atoms with E-state index in [4.69, 9.17) is 4.74 Å². The molecule has 2 rings (SSSR count). The molecule has 0 amide bonds. The SMILES string of the molecule is CNCC1CCC(CN2CCCC2C)O1. The van der Waals surface area contributed by atoms with E-state index < -0.39 is 0 Å². The van der Waals surface area contributed by atoms with Crippen LogP contribution in [0.25, 0.3) is 0 Å². The molecular weight excluding hydrogens is 188 g/mol. The van der Waals surface area contributed by atoms with Crippen LogP contribution in [0.2, 0.25) is 0 Å². The first kappa shape index (κ1) is 11.4. The minimum Gasteiger partial charge on any atom is -0.372 e. The maximum Gasteiger partial charge on any atom is 0.0707 e. The molecule has 0 spiro atoms. The average molecular weight is 212 g/mol. The molecule has 3 atom stereocenters. The van der Waals surface area contributed by atoms with E-state index in [1.807, 2.05) is 7.05 Å². The van der Waals surface area contributed by atoms with E-state index in [2.05, 4.69) is 17.1 Å². The summed E-state index contributed by atoms with van der Waals surface area (Å²) in [4.78, 5) is 2.59. The second-order valence-corrected chi connectivity index (χ2v) is 5.00. The minimum absolute atomic E-state index is 0.456. The zero-order valence-electron chi connectivity index (χ0n) is 10.0. The van der Waals surface area contributed by atoms with Crippen LogP contribution in [0.5, 0.6) is 0 Å². The van der Waals surface area contributed by atoms with Crippen molar-refractivity contribution in [3.8, 4) is 0 Å². The van der Waals surface area contributed by atoms with Crippen molar-refractivity contribution in [1.29, 1.82) is 0 Å². The molecule has 0 bridgehead atoms. The normalized spacial score (nSPS) is 37.6. The molecule has 0 aromatic carbocycles. The summed E-state index contributed by atoms with van der Waals surface area (Å²) >= 11 is 0. The van der Waals surface area contributed by atoms with E-state index in [-0.39, 0.29) is 0 Å². The van der Waals surface area contributed by atoms with Gasteiger partial charge in [-0.1, -0.05) is 0 Å². The summed E-state index contributed by atoms with van der Waals surface area (Å²) in [6, 6.07) is 0.775. The van der Waals surface area contributed by atoms with Crippen LogP contribution >= 0.6 is 0 Å². The number of nitrogens with one attached hydrogen (secondary N) is 1. The highest BCUT2D eigenvalue weighted by Crippen LogP contribution is 2.23. The number of likely N-dealkylation sites (N-methyl/N-ethyl adjacent to an activating group) is 1. The van der Waals surface area contributed by atoms with E-state index in [9.17, 15) is 0 Å². The Morgan fingerprint density at radius 1 is 1.27 bits per heavy atom. The van der Waals surface area contributed by atoms with E-state index in [1.54, 1.807) is 0 Å². The van der Waals surface area contributed by atoms with Gasteiger partial charge in [0.1, 0.15) is 0 Å². The topological polar surface area (TPSA) is 24.5 Å². The third-order valence-corrected chi connectivity index (χ3v) is 3.76. The molecule has 2 aliphatic heterocycles. The standard InChI is InChI=1S/C12H24N2O/c1-10-4-3-7-14(10)9-12-6-5-11(15-12)8-13-2/h10-13H,3-9H2,1-2H3. The van der Waals surface area contributed by atoms with Crippen molar-refractivity contribution < 1.29 is 4.74 Å². The summed E-state index contributed by atoms with van der Waals surface area (Å²) in [6.45, 7) is 5.78. The molecule has 0 aromatic heterocycles. The Balaban J connectivity index is 1.72. The fraction of sp³-hybridized carbons (Fsp3) is 1.00. The Kier molecular flexibility index (Phi) is 4.00. The Morgan fingerprint density at radius 2 is 2.07 bits per heavy atom. The van der Waals surface area contributed by atoms with E-state index in [0.29, 0.717) is 12.2 Å². The van der Waals surface area contributed by atoms with E-state index in [0.717, 1.165) is 19.1 Å². The van der Waals surface area contributed by atoms with Gasteiger partial charge in [0.2, 0.25) is 0 Å². The summed E-state index contributed by atoms with van der Waals surface area (Å²) in [6.07, 6.45) is 6.16. The van der Waals surface area contributed by atoms with Gasteiger partial charge in [0.05, 0.1) is 12.2 Å². The first-order chi connectivity index (χ1) is 7.29. The number of nitrogens with zero attached hydrogens (tertiary/aromatic N) is 1. The van der Waals surface area contributed by atoms with Crippen LogP contribution in [0.1, 0.15) is 32.6 Å². The quantitative estimate of drug-likeness (QED) is 0.759. The van der Waals surface area contributed by atoms with Crippen molar-refractivity contribution in [2.24, 2.45) is 0 Å². The van der Waals surface area contributed by atoms with Gasteiger partial charge in [-0.2, -0.15) is 0 Å². The predicted octanol–water partition coefficient (Wildman–Crippen LogP) is 1.24. The van der Waals surface area contributed by atoms with Crippen molar-refractivity contribution in [3.63, 3.8) is 0 Å². The Labute approximate surface area is 93.2 Å². The molecule has 1 N–H and O–H groups in total. The van der Waals surface area contributed by atoms with Gasteiger partial charge >= 0.3 is 0 Å². The lowest BCUT2D eigenvalue weighted by Gasteiger charge is -2.24. The molecular formula is C12H24N2O. The lowest BCUT2D eigenvalue weighted by molar-refractivity contribution is 0.0229. The highest BCUT2D eigenvalue weighted by atomic mass is 16.5. The average Bonchev–Trinajstić information content (AvgIpc) is 2.79. The predicted molar refractivity (Wildman–Crippen MR) is 62.1 cm³/mol. The van der Waals surface area contributed by atoms with Gasteiger partial charge in [0, 0.05) is 19.1 Å². The van der Waals surface area contributed by atoms with Gasteiger partial charge in [-0.25, -0.2) is 0 Å². The van der Waals surface area contributed by atoms with Crippen LogP contribution in [0.4, 0.5) is 0 Å². The molecule has 3 nitrogen and oxygen atoms in total. The Hall–Kier alpha value is -0.120. The molecule has 3 heteroatoms. The summed E-state index contributed by atoms with van der Waals surface area (Å²) in [5, 5.41) is 3.19. The molecule has 2 fully saturated rings. The monoisotopic (exact) mass is 212 g/mol. The van der Waals surface area contributed by atoms with Gasteiger partial charge in [0.15, 0.2) is 0 Å². The third-order valence-electron chi connectivity index (χ3n) is 3.76. The van der Waals surface area contributed by atoms with Crippen molar-refractivity contribution in [1.82, 2.24) is 10.2 Å². The van der Waals surface area contributed by atoms with Crippen LogP contribution in [0.15, 0.2) is 0 Å².